The van der Waals surface area contributed by atoms with E-state index in [4.69, 9.17) is 4.74 Å². The summed E-state index contributed by atoms with van der Waals surface area (Å²) in [6, 6.07) is 15.4. The van der Waals surface area contributed by atoms with E-state index in [0.29, 0.717) is 43.5 Å². The smallest absolute Gasteiger partial charge is 0.238 e. The highest BCUT2D eigenvalue weighted by Gasteiger charge is 2.14. The van der Waals surface area contributed by atoms with Crippen LogP contribution in [0.25, 0.3) is 0 Å². The molecule has 3 rings (SSSR count). The van der Waals surface area contributed by atoms with Crippen LogP contribution in [0.15, 0.2) is 48.5 Å². The number of carbonyl (C=O) groups is 2. The van der Waals surface area contributed by atoms with Crippen molar-refractivity contribution in [3.63, 3.8) is 0 Å². The van der Waals surface area contributed by atoms with E-state index in [0.717, 1.165) is 25.1 Å². The van der Waals surface area contributed by atoms with Crippen LogP contribution in [0.4, 0.5) is 11.4 Å². The van der Waals surface area contributed by atoms with Gasteiger partial charge in [0.05, 0.1) is 26.2 Å². The molecule has 0 spiro atoms. The van der Waals surface area contributed by atoms with Gasteiger partial charge >= 0.3 is 0 Å². The zero-order valence-electron chi connectivity index (χ0n) is 17.8. The number of anilines is 2. The van der Waals surface area contributed by atoms with Gasteiger partial charge in [0, 0.05) is 24.5 Å². The van der Waals surface area contributed by atoms with E-state index in [9.17, 15) is 9.59 Å². The fraction of sp³-hybridized carbons (Fsp3) is 0.417. The lowest BCUT2D eigenvalue weighted by Gasteiger charge is -2.25. The molecule has 0 aliphatic carbocycles. The van der Waals surface area contributed by atoms with Crippen molar-refractivity contribution in [3.05, 3.63) is 59.7 Å². The zero-order chi connectivity index (χ0) is 21.3. The summed E-state index contributed by atoms with van der Waals surface area (Å²) >= 11 is 0. The maximum absolute atomic E-state index is 12.3. The van der Waals surface area contributed by atoms with E-state index in [1.165, 1.54) is 5.56 Å². The Morgan fingerprint density at radius 1 is 0.867 bits per heavy atom. The van der Waals surface area contributed by atoms with Crippen molar-refractivity contribution >= 4 is 23.2 Å². The van der Waals surface area contributed by atoms with Crippen LogP contribution in [-0.2, 0) is 27.2 Å². The van der Waals surface area contributed by atoms with Crippen molar-refractivity contribution in [1.82, 2.24) is 4.90 Å². The van der Waals surface area contributed by atoms with Gasteiger partial charge in [0.25, 0.3) is 0 Å². The molecule has 2 aromatic rings. The molecule has 2 amide bonds. The molecule has 1 saturated heterocycles. The minimum absolute atomic E-state index is 0.0467. The lowest BCUT2D eigenvalue weighted by Crippen LogP contribution is -2.41. The minimum atomic E-state index is -0.0595. The average Bonchev–Trinajstić information content (AvgIpc) is 2.71. The first kappa shape index (κ1) is 22.0. The van der Waals surface area contributed by atoms with Gasteiger partial charge in [0.15, 0.2) is 0 Å². The van der Waals surface area contributed by atoms with Crippen molar-refractivity contribution < 1.29 is 14.3 Å². The lowest BCUT2D eigenvalue weighted by atomic mass is 10.0. The number of hydrogen-bond donors (Lipinski definition) is 2. The Balaban J connectivity index is 1.45. The number of nitrogens with one attached hydrogen (secondary N) is 2. The summed E-state index contributed by atoms with van der Waals surface area (Å²) in [7, 11) is 0. The predicted octanol–water partition coefficient (Wildman–Crippen LogP) is 3.34. The zero-order valence-corrected chi connectivity index (χ0v) is 17.8. The number of rotatable bonds is 8. The summed E-state index contributed by atoms with van der Waals surface area (Å²) in [4.78, 5) is 26.6. The Hall–Kier alpha value is -2.70. The summed E-state index contributed by atoms with van der Waals surface area (Å²) in [5, 5.41) is 5.80. The molecule has 1 aliphatic rings. The maximum Gasteiger partial charge on any atom is 0.238 e. The largest absolute Gasteiger partial charge is 0.379 e. The number of benzene rings is 2. The van der Waals surface area contributed by atoms with Crippen LogP contribution >= 0.6 is 0 Å². The molecule has 6 nitrogen and oxygen atoms in total. The SMILES string of the molecule is CC(C)Cc1ccc(CC(=O)Nc2ccc(NC(=O)CN3CCOCC3)cc2)cc1. The molecule has 0 atom stereocenters. The Labute approximate surface area is 178 Å². The molecule has 0 saturated carbocycles. The Kier molecular flexibility index (Phi) is 7.99. The molecule has 2 N–H and O–H groups in total. The van der Waals surface area contributed by atoms with Gasteiger partial charge in [-0.25, -0.2) is 0 Å². The molecule has 0 unspecified atom stereocenters. The second-order valence-corrected chi connectivity index (χ2v) is 8.15. The topological polar surface area (TPSA) is 70.7 Å². The van der Waals surface area contributed by atoms with Crippen LogP contribution in [0.1, 0.15) is 25.0 Å². The number of nitrogens with zero attached hydrogens (tertiary/aromatic N) is 1. The highest BCUT2D eigenvalue weighted by Crippen LogP contribution is 2.15. The van der Waals surface area contributed by atoms with Crippen LogP contribution in [0, 0.1) is 5.92 Å². The summed E-state index contributed by atoms with van der Waals surface area (Å²) in [5.74, 6) is 0.511. The second kappa shape index (κ2) is 10.9. The number of morpholine rings is 1. The molecule has 0 aromatic heterocycles. The van der Waals surface area contributed by atoms with Crippen LogP contribution in [0.5, 0.6) is 0 Å². The standard InChI is InChI=1S/C24H31N3O3/c1-18(2)15-19-3-5-20(6-4-19)16-23(28)25-21-7-9-22(10-8-21)26-24(29)17-27-11-13-30-14-12-27/h3-10,18H,11-17H2,1-2H3,(H,25,28)(H,26,29). The Morgan fingerprint density at radius 2 is 1.40 bits per heavy atom. The van der Waals surface area contributed by atoms with Crippen LogP contribution < -0.4 is 10.6 Å². The van der Waals surface area contributed by atoms with E-state index in [1.807, 2.05) is 12.1 Å². The van der Waals surface area contributed by atoms with Crippen molar-refractivity contribution in [3.8, 4) is 0 Å². The van der Waals surface area contributed by atoms with E-state index >= 15 is 0 Å². The third kappa shape index (κ3) is 7.28. The van der Waals surface area contributed by atoms with Crippen LogP contribution in [-0.4, -0.2) is 49.6 Å². The second-order valence-electron chi connectivity index (χ2n) is 8.15. The summed E-state index contributed by atoms with van der Waals surface area (Å²) < 4.78 is 5.29. The van der Waals surface area contributed by atoms with E-state index < -0.39 is 0 Å². The molecule has 160 valence electrons. The van der Waals surface area contributed by atoms with Gasteiger partial charge in [-0.2, -0.15) is 0 Å². The highest BCUT2D eigenvalue weighted by molar-refractivity contribution is 5.94. The normalized spacial score (nSPS) is 14.5. The molecule has 0 radical (unpaired) electrons. The quantitative estimate of drug-likeness (QED) is 0.702. The molecule has 2 aromatic carbocycles. The fourth-order valence-electron chi connectivity index (χ4n) is 3.45. The molecule has 30 heavy (non-hydrogen) atoms. The molecule has 0 bridgehead atoms. The first-order valence-electron chi connectivity index (χ1n) is 10.6. The van der Waals surface area contributed by atoms with Crippen molar-refractivity contribution in [2.75, 3.05) is 43.5 Å². The maximum atomic E-state index is 12.3. The van der Waals surface area contributed by atoms with Gasteiger partial charge < -0.3 is 15.4 Å². The number of carbonyl (C=O) groups excluding carboxylic acids is 2. The van der Waals surface area contributed by atoms with Gasteiger partial charge in [0.1, 0.15) is 0 Å². The van der Waals surface area contributed by atoms with Gasteiger partial charge in [-0.1, -0.05) is 38.1 Å². The molecule has 1 fully saturated rings. The summed E-state index contributed by atoms with van der Waals surface area (Å²) in [6.45, 7) is 7.65. The predicted molar refractivity (Wildman–Crippen MR) is 120 cm³/mol. The fourth-order valence-corrected chi connectivity index (χ4v) is 3.45. The van der Waals surface area contributed by atoms with E-state index in [2.05, 4.69) is 41.5 Å². The molecule has 6 heteroatoms. The Morgan fingerprint density at radius 3 is 1.97 bits per heavy atom. The first-order valence-corrected chi connectivity index (χ1v) is 10.6. The van der Waals surface area contributed by atoms with Crippen molar-refractivity contribution in [1.29, 1.82) is 0 Å². The molecular weight excluding hydrogens is 378 g/mol. The van der Waals surface area contributed by atoms with Gasteiger partial charge in [-0.3, -0.25) is 14.5 Å². The molecular formula is C24H31N3O3. The highest BCUT2D eigenvalue weighted by atomic mass is 16.5. The third-order valence-electron chi connectivity index (χ3n) is 4.95. The molecule has 1 aliphatic heterocycles. The summed E-state index contributed by atoms with van der Waals surface area (Å²) in [5.41, 5.74) is 3.71. The van der Waals surface area contributed by atoms with E-state index in [1.54, 1.807) is 24.3 Å². The third-order valence-corrected chi connectivity index (χ3v) is 4.95. The van der Waals surface area contributed by atoms with Crippen LogP contribution in [0.3, 0.4) is 0 Å². The van der Waals surface area contributed by atoms with E-state index in [-0.39, 0.29) is 11.8 Å². The van der Waals surface area contributed by atoms with Crippen molar-refractivity contribution in [2.45, 2.75) is 26.7 Å². The van der Waals surface area contributed by atoms with Gasteiger partial charge in [-0.15, -0.1) is 0 Å². The number of hydrogen-bond acceptors (Lipinski definition) is 4. The molecule has 1 heterocycles. The van der Waals surface area contributed by atoms with Crippen molar-refractivity contribution in [2.24, 2.45) is 5.92 Å². The van der Waals surface area contributed by atoms with Crippen LogP contribution in [0.2, 0.25) is 0 Å². The monoisotopic (exact) mass is 409 g/mol. The van der Waals surface area contributed by atoms with Gasteiger partial charge in [0.2, 0.25) is 11.8 Å². The minimum Gasteiger partial charge on any atom is -0.379 e. The Bertz CT molecular complexity index is 826. The first-order chi connectivity index (χ1) is 14.5. The number of amides is 2. The van der Waals surface area contributed by atoms with Gasteiger partial charge in [-0.05, 0) is 47.7 Å². The lowest BCUT2D eigenvalue weighted by molar-refractivity contribution is -0.118. The summed E-state index contributed by atoms with van der Waals surface area (Å²) in [6.07, 6.45) is 1.38. The average molecular weight is 410 g/mol. The number of ether oxygens (including phenoxy) is 1.